The lowest BCUT2D eigenvalue weighted by molar-refractivity contribution is -0.139. The second-order valence-corrected chi connectivity index (χ2v) is 4.46. The highest BCUT2D eigenvalue weighted by atomic mass is 16.4. The summed E-state index contributed by atoms with van der Waals surface area (Å²) in [4.78, 5) is 33.6. The monoisotopic (exact) mass is 289 g/mol. The van der Waals surface area contributed by atoms with E-state index < -0.39 is 18.0 Å². The van der Waals surface area contributed by atoms with Crippen LogP contribution in [0.2, 0.25) is 0 Å². The summed E-state index contributed by atoms with van der Waals surface area (Å²) in [6.07, 6.45) is 6.19. The Morgan fingerprint density at radius 2 is 2.19 bits per heavy atom. The molecule has 8 heteroatoms. The number of aryl methyl sites for hydroxylation is 1. The van der Waals surface area contributed by atoms with Crippen LogP contribution in [0.1, 0.15) is 11.3 Å². The lowest BCUT2D eigenvalue weighted by Crippen LogP contribution is -2.44. The molecule has 0 saturated heterocycles. The molecule has 2 amide bonds. The average Bonchev–Trinajstić information content (AvgIpc) is 2.93. The molecule has 4 N–H and O–H groups in total. The van der Waals surface area contributed by atoms with Gasteiger partial charge in [-0.05, 0) is 18.6 Å². The molecule has 0 unspecified atom stereocenters. The van der Waals surface area contributed by atoms with Gasteiger partial charge in [-0.3, -0.25) is 4.98 Å². The normalized spacial score (nSPS) is 11.7. The Balaban J connectivity index is 1.98. The van der Waals surface area contributed by atoms with Crippen molar-refractivity contribution in [3.63, 3.8) is 0 Å². The molecular weight excluding hydrogens is 274 g/mol. The minimum atomic E-state index is -1.12. The van der Waals surface area contributed by atoms with Crippen LogP contribution in [0.3, 0.4) is 0 Å². The minimum Gasteiger partial charge on any atom is -0.480 e. The SMILES string of the molecule is Cc1ccncc1NC(=O)N[C@H](Cc1cnc[nH]1)C(=O)O. The van der Waals surface area contributed by atoms with E-state index in [9.17, 15) is 9.59 Å². The number of nitrogens with one attached hydrogen (secondary N) is 3. The van der Waals surface area contributed by atoms with Gasteiger partial charge in [-0.25, -0.2) is 14.6 Å². The van der Waals surface area contributed by atoms with Gasteiger partial charge >= 0.3 is 12.0 Å². The maximum atomic E-state index is 11.9. The average molecular weight is 289 g/mol. The minimum absolute atomic E-state index is 0.120. The molecule has 2 heterocycles. The van der Waals surface area contributed by atoms with Gasteiger partial charge in [-0.1, -0.05) is 0 Å². The van der Waals surface area contributed by atoms with Gasteiger partial charge in [-0.15, -0.1) is 0 Å². The van der Waals surface area contributed by atoms with E-state index in [4.69, 9.17) is 5.11 Å². The van der Waals surface area contributed by atoms with E-state index in [1.165, 1.54) is 18.7 Å². The van der Waals surface area contributed by atoms with Crippen molar-refractivity contribution in [3.05, 3.63) is 42.2 Å². The number of carboxylic acids is 1. The summed E-state index contributed by atoms with van der Waals surface area (Å²) in [5.74, 6) is -1.12. The lowest BCUT2D eigenvalue weighted by atomic mass is 10.1. The summed E-state index contributed by atoms with van der Waals surface area (Å²) < 4.78 is 0. The van der Waals surface area contributed by atoms with E-state index in [1.54, 1.807) is 12.3 Å². The summed E-state index contributed by atoms with van der Waals surface area (Å²) in [7, 11) is 0. The Morgan fingerprint density at radius 3 is 2.81 bits per heavy atom. The van der Waals surface area contributed by atoms with Gasteiger partial charge in [0.15, 0.2) is 0 Å². The highest BCUT2D eigenvalue weighted by Gasteiger charge is 2.21. The Labute approximate surface area is 120 Å². The number of carboxylic acid groups (broad SMARTS) is 1. The number of rotatable bonds is 5. The fourth-order valence-electron chi connectivity index (χ4n) is 1.73. The van der Waals surface area contributed by atoms with Crippen LogP contribution in [0.25, 0.3) is 0 Å². The number of aromatic nitrogens is 3. The smallest absolute Gasteiger partial charge is 0.326 e. The van der Waals surface area contributed by atoms with Crippen molar-refractivity contribution >= 4 is 17.7 Å². The van der Waals surface area contributed by atoms with Gasteiger partial charge in [-0.2, -0.15) is 0 Å². The molecule has 0 aliphatic heterocycles. The third-order valence-corrected chi connectivity index (χ3v) is 2.87. The van der Waals surface area contributed by atoms with Crippen LogP contribution in [-0.2, 0) is 11.2 Å². The number of nitrogens with zero attached hydrogens (tertiary/aromatic N) is 2. The second kappa shape index (κ2) is 6.51. The predicted molar refractivity (Wildman–Crippen MR) is 74.8 cm³/mol. The Kier molecular flexibility index (Phi) is 4.50. The van der Waals surface area contributed by atoms with Crippen LogP contribution < -0.4 is 10.6 Å². The highest BCUT2D eigenvalue weighted by molar-refractivity contribution is 5.92. The van der Waals surface area contributed by atoms with E-state index in [2.05, 4.69) is 25.6 Å². The molecule has 0 aliphatic rings. The number of carbonyl (C=O) groups is 2. The molecule has 0 saturated carbocycles. The number of aromatic amines is 1. The van der Waals surface area contributed by atoms with Crippen molar-refractivity contribution in [2.45, 2.75) is 19.4 Å². The number of hydrogen-bond acceptors (Lipinski definition) is 4. The first-order valence-electron chi connectivity index (χ1n) is 6.24. The van der Waals surface area contributed by atoms with Crippen molar-refractivity contribution in [2.75, 3.05) is 5.32 Å². The van der Waals surface area contributed by atoms with Crippen LogP contribution in [0.15, 0.2) is 31.0 Å². The first kappa shape index (κ1) is 14.5. The van der Waals surface area contributed by atoms with Crippen LogP contribution in [0, 0.1) is 6.92 Å². The van der Waals surface area contributed by atoms with Crippen molar-refractivity contribution < 1.29 is 14.7 Å². The molecule has 0 aromatic carbocycles. The molecule has 2 rings (SSSR count). The Bertz CT molecular complexity index is 626. The van der Waals surface area contributed by atoms with Crippen LogP contribution in [-0.4, -0.2) is 38.1 Å². The third kappa shape index (κ3) is 4.03. The highest BCUT2D eigenvalue weighted by Crippen LogP contribution is 2.11. The zero-order valence-electron chi connectivity index (χ0n) is 11.3. The van der Waals surface area contributed by atoms with E-state index in [1.807, 2.05) is 6.92 Å². The maximum Gasteiger partial charge on any atom is 0.326 e. The first-order chi connectivity index (χ1) is 10.1. The van der Waals surface area contributed by atoms with Gasteiger partial charge in [0, 0.05) is 24.5 Å². The summed E-state index contributed by atoms with van der Waals surface area (Å²) in [5.41, 5.74) is 1.99. The quantitative estimate of drug-likeness (QED) is 0.652. The predicted octanol–water partition coefficient (Wildman–Crippen LogP) is 0.931. The summed E-state index contributed by atoms with van der Waals surface area (Å²) in [6.45, 7) is 1.82. The van der Waals surface area contributed by atoms with Crippen molar-refractivity contribution in [1.29, 1.82) is 0 Å². The van der Waals surface area contributed by atoms with Gasteiger partial charge in [0.1, 0.15) is 6.04 Å². The number of aliphatic carboxylic acids is 1. The van der Waals surface area contributed by atoms with E-state index >= 15 is 0 Å². The summed E-state index contributed by atoms with van der Waals surface area (Å²) in [5, 5.41) is 14.1. The molecule has 0 bridgehead atoms. The molecule has 0 fully saturated rings. The van der Waals surface area contributed by atoms with Gasteiger partial charge in [0.2, 0.25) is 0 Å². The molecule has 0 radical (unpaired) electrons. The fraction of sp³-hybridized carbons (Fsp3) is 0.231. The number of imidazole rings is 1. The number of urea groups is 1. The molecule has 2 aromatic heterocycles. The van der Waals surface area contributed by atoms with Crippen LogP contribution >= 0.6 is 0 Å². The van der Waals surface area contributed by atoms with Crippen LogP contribution in [0.5, 0.6) is 0 Å². The van der Waals surface area contributed by atoms with Crippen molar-refractivity contribution in [3.8, 4) is 0 Å². The number of pyridine rings is 1. The number of hydrogen-bond donors (Lipinski definition) is 4. The number of anilines is 1. The summed E-state index contributed by atoms with van der Waals surface area (Å²) >= 11 is 0. The van der Waals surface area contributed by atoms with E-state index in [-0.39, 0.29) is 6.42 Å². The van der Waals surface area contributed by atoms with Gasteiger partial charge < -0.3 is 20.7 Å². The number of carbonyl (C=O) groups excluding carboxylic acids is 1. The molecule has 2 aromatic rings. The molecule has 1 atom stereocenters. The van der Waals surface area contributed by atoms with Gasteiger partial charge in [0.25, 0.3) is 0 Å². The van der Waals surface area contributed by atoms with Gasteiger partial charge in [0.05, 0.1) is 18.2 Å². The number of H-pyrrole nitrogens is 1. The number of amides is 2. The molecule has 110 valence electrons. The Hall–Kier alpha value is -2.90. The van der Waals surface area contributed by atoms with E-state index in [0.717, 1.165) is 5.56 Å². The molecule has 21 heavy (non-hydrogen) atoms. The Morgan fingerprint density at radius 1 is 1.38 bits per heavy atom. The standard InChI is InChI=1S/C13H15N5O3/c1-8-2-3-14-6-11(8)18-13(21)17-10(12(19)20)4-9-5-15-7-16-9/h2-3,5-7,10H,4H2,1H3,(H,15,16)(H,19,20)(H2,17,18,21)/t10-/m1/s1. The molecule has 0 spiro atoms. The first-order valence-corrected chi connectivity index (χ1v) is 6.24. The van der Waals surface area contributed by atoms with Crippen molar-refractivity contribution in [1.82, 2.24) is 20.3 Å². The fourth-order valence-corrected chi connectivity index (χ4v) is 1.73. The maximum absolute atomic E-state index is 11.9. The zero-order chi connectivity index (χ0) is 15.2. The second-order valence-electron chi connectivity index (χ2n) is 4.46. The third-order valence-electron chi connectivity index (χ3n) is 2.87. The largest absolute Gasteiger partial charge is 0.480 e. The van der Waals surface area contributed by atoms with E-state index in [0.29, 0.717) is 11.4 Å². The lowest BCUT2D eigenvalue weighted by Gasteiger charge is -2.15. The molecule has 8 nitrogen and oxygen atoms in total. The molecule has 0 aliphatic carbocycles. The zero-order valence-corrected chi connectivity index (χ0v) is 11.3. The van der Waals surface area contributed by atoms with Crippen LogP contribution in [0.4, 0.5) is 10.5 Å². The topological polar surface area (TPSA) is 120 Å². The molecular formula is C13H15N5O3. The summed E-state index contributed by atoms with van der Waals surface area (Å²) in [6, 6.07) is 0.0926. The van der Waals surface area contributed by atoms with Crippen molar-refractivity contribution in [2.24, 2.45) is 0 Å².